The number of amides is 1. The van der Waals surface area contributed by atoms with E-state index < -0.39 is 0 Å². The van der Waals surface area contributed by atoms with E-state index in [9.17, 15) is 9.18 Å². The van der Waals surface area contributed by atoms with Crippen molar-refractivity contribution in [3.8, 4) is 16.9 Å². The van der Waals surface area contributed by atoms with Crippen LogP contribution < -0.4 is 10.1 Å². The maximum atomic E-state index is 14.0. The van der Waals surface area contributed by atoms with Crippen molar-refractivity contribution in [1.29, 1.82) is 0 Å². The summed E-state index contributed by atoms with van der Waals surface area (Å²) in [5, 5.41) is 2.85. The van der Waals surface area contributed by atoms with Crippen LogP contribution in [0.4, 0.5) is 4.39 Å². The molecule has 1 fully saturated rings. The fourth-order valence-electron chi connectivity index (χ4n) is 4.96. The molecule has 0 saturated heterocycles. The fraction of sp³-hybridized carbons (Fsp3) is 0.367. The largest absolute Gasteiger partial charge is 0.490 e. The van der Waals surface area contributed by atoms with Crippen LogP contribution in [-0.2, 0) is 17.6 Å². The summed E-state index contributed by atoms with van der Waals surface area (Å²) in [5.41, 5.74) is 4.25. The third-order valence-electron chi connectivity index (χ3n) is 6.71. The lowest BCUT2D eigenvalue weighted by Gasteiger charge is -2.30. The zero-order valence-electron chi connectivity index (χ0n) is 19.9. The number of carbonyl (C=O) groups is 1. The first-order valence-electron chi connectivity index (χ1n) is 12.4. The summed E-state index contributed by atoms with van der Waals surface area (Å²) >= 11 is 0. The Morgan fingerprint density at radius 3 is 2.65 bits per heavy atom. The van der Waals surface area contributed by atoms with Crippen molar-refractivity contribution in [3.63, 3.8) is 0 Å². The standard InChI is InChI=1S/C30H34FNO2/c1-22(33)32-18-17-25-15-16-29(21-30(25)26-10-6-11-27(31)20-26)34-28-12-5-9-24(19-28)14-13-23-7-3-2-4-8-23/h2-4,6-8,10-11,15-16,20-21,24,28H,5,9,12-14,17-19H2,1H3,(H,32,33)/t24-,28+/m0/s1. The molecular formula is C30H34FNO2. The van der Waals surface area contributed by atoms with Crippen LogP contribution in [0.15, 0.2) is 72.8 Å². The molecule has 4 heteroatoms. The van der Waals surface area contributed by atoms with Gasteiger partial charge in [0.25, 0.3) is 0 Å². The normalized spacial score (nSPS) is 17.8. The van der Waals surface area contributed by atoms with Crippen molar-refractivity contribution in [2.75, 3.05) is 6.54 Å². The Bertz CT molecular complexity index is 1080. The van der Waals surface area contributed by atoms with Gasteiger partial charge in [0.1, 0.15) is 11.6 Å². The van der Waals surface area contributed by atoms with E-state index in [0.29, 0.717) is 18.9 Å². The highest BCUT2D eigenvalue weighted by atomic mass is 19.1. The highest BCUT2D eigenvalue weighted by Crippen LogP contribution is 2.33. The molecule has 0 spiro atoms. The van der Waals surface area contributed by atoms with Gasteiger partial charge in [-0.05, 0) is 91.0 Å². The number of halogens is 1. The minimum absolute atomic E-state index is 0.0497. The average molecular weight is 460 g/mol. The van der Waals surface area contributed by atoms with Gasteiger partial charge in [0.15, 0.2) is 0 Å². The van der Waals surface area contributed by atoms with Gasteiger partial charge in [-0.3, -0.25) is 4.79 Å². The maximum absolute atomic E-state index is 14.0. The van der Waals surface area contributed by atoms with Crippen molar-refractivity contribution in [1.82, 2.24) is 5.32 Å². The monoisotopic (exact) mass is 459 g/mol. The molecule has 1 amide bonds. The second-order valence-electron chi connectivity index (χ2n) is 9.36. The number of carbonyl (C=O) groups excluding carboxylic acids is 1. The van der Waals surface area contributed by atoms with Gasteiger partial charge in [-0.15, -0.1) is 0 Å². The number of benzene rings is 3. The lowest BCUT2D eigenvalue weighted by molar-refractivity contribution is -0.118. The zero-order chi connectivity index (χ0) is 23.8. The predicted octanol–water partition coefficient (Wildman–Crippen LogP) is 6.74. The van der Waals surface area contributed by atoms with Crippen LogP contribution in [-0.4, -0.2) is 18.6 Å². The molecule has 4 rings (SSSR count). The molecule has 3 aromatic carbocycles. The summed E-state index contributed by atoms with van der Waals surface area (Å²) in [6.07, 6.45) is 7.80. The molecule has 1 aliphatic carbocycles. The van der Waals surface area contributed by atoms with Gasteiger partial charge in [-0.2, -0.15) is 0 Å². The second kappa shape index (κ2) is 11.8. The van der Waals surface area contributed by atoms with Crippen molar-refractivity contribution in [3.05, 3.63) is 89.7 Å². The molecule has 1 aliphatic rings. The predicted molar refractivity (Wildman–Crippen MR) is 135 cm³/mol. The lowest BCUT2D eigenvalue weighted by atomic mass is 9.83. The Kier molecular flexibility index (Phi) is 8.35. The molecule has 3 nitrogen and oxygen atoms in total. The zero-order valence-corrected chi connectivity index (χ0v) is 19.9. The van der Waals surface area contributed by atoms with Gasteiger partial charge in [0.2, 0.25) is 5.91 Å². The molecule has 1 N–H and O–H groups in total. The molecule has 0 aliphatic heterocycles. The molecule has 0 unspecified atom stereocenters. The number of aryl methyl sites for hydroxylation is 1. The van der Waals surface area contributed by atoms with Gasteiger partial charge in [0, 0.05) is 13.5 Å². The first kappa shape index (κ1) is 24.0. The number of nitrogens with one attached hydrogen (secondary N) is 1. The van der Waals surface area contributed by atoms with E-state index in [1.54, 1.807) is 12.1 Å². The van der Waals surface area contributed by atoms with Gasteiger partial charge in [-0.1, -0.05) is 55.0 Å². The maximum Gasteiger partial charge on any atom is 0.216 e. The molecule has 0 heterocycles. The third-order valence-corrected chi connectivity index (χ3v) is 6.71. The Labute approximate surface area is 202 Å². The number of ether oxygens (including phenoxy) is 1. The summed E-state index contributed by atoms with van der Waals surface area (Å²) in [5.74, 6) is 1.20. The van der Waals surface area contributed by atoms with E-state index in [4.69, 9.17) is 4.74 Å². The van der Waals surface area contributed by atoms with Crippen LogP contribution in [0.25, 0.3) is 11.1 Å². The van der Waals surface area contributed by atoms with Crippen LogP contribution >= 0.6 is 0 Å². The van der Waals surface area contributed by atoms with E-state index in [1.807, 2.05) is 24.3 Å². The Morgan fingerprint density at radius 2 is 1.85 bits per heavy atom. The second-order valence-corrected chi connectivity index (χ2v) is 9.36. The van der Waals surface area contributed by atoms with Gasteiger partial charge in [0.05, 0.1) is 6.10 Å². The third kappa shape index (κ3) is 6.93. The molecule has 1 saturated carbocycles. The topological polar surface area (TPSA) is 38.3 Å². The number of hydrogen-bond donors (Lipinski definition) is 1. The van der Waals surface area contributed by atoms with E-state index in [1.165, 1.54) is 37.8 Å². The molecule has 34 heavy (non-hydrogen) atoms. The van der Waals surface area contributed by atoms with E-state index in [-0.39, 0.29) is 17.8 Å². The van der Waals surface area contributed by atoms with Crippen molar-refractivity contribution in [2.45, 2.75) is 58.0 Å². The van der Waals surface area contributed by atoms with Crippen LogP contribution in [0.5, 0.6) is 5.75 Å². The van der Waals surface area contributed by atoms with Crippen LogP contribution in [0.3, 0.4) is 0 Å². The Balaban J connectivity index is 1.44. The molecule has 178 valence electrons. The van der Waals surface area contributed by atoms with Gasteiger partial charge >= 0.3 is 0 Å². The summed E-state index contributed by atoms with van der Waals surface area (Å²) in [4.78, 5) is 11.3. The first-order valence-corrected chi connectivity index (χ1v) is 12.4. The molecule has 0 radical (unpaired) electrons. The van der Waals surface area contributed by atoms with Crippen molar-refractivity contribution in [2.24, 2.45) is 5.92 Å². The average Bonchev–Trinajstić information content (AvgIpc) is 2.84. The molecule has 0 aromatic heterocycles. The quantitative estimate of drug-likeness (QED) is 0.385. The van der Waals surface area contributed by atoms with Gasteiger partial charge in [-0.25, -0.2) is 4.39 Å². The molecule has 3 aromatic rings. The summed E-state index contributed by atoms with van der Waals surface area (Å²) in [7, 11) is 0. The highest BCUT2D eigenvalue weighted by molar-refractivity contribution is 5.73. The van der Waals surface area contributed by atoms with Crippen molar-refractivity contribution >= 4 is 5.91 Å². The number of rotatable bonds is 9. The Hall–Kier alpha value is -3.14. The SMILES string of the molecule is CC(=O)NCCc1ccc(O[C@@H]2CCC[C@@H](CCc3ccccc3)C2)cc1-c1cccc(F)c1. The fourth-order valence-corrected chi connectivity index (χ4v) is 4.96. The summed E-state index contributed by atoms with van der Waals surface area (Å²) in [6, 6.07) is 23.5. The van der Waals surface area contributed by atoms with Crippen molar-refractivity contribution < 1.29 is 13.9 Å². The smallest absolute Gasteiger partial charge is 0.216 e. The van der Waals surface area contributed by atoms with Crippen LogP contribution in [0.2, 0.25) is 0 Å². The van der Waals surface area contributed by atoms with E-state index in [0.717, 1.165) is 41.7 Å². The van der Waals surface area contributed by atoms with Gasteiger partial charge < -0.3 is 10.1 Å². The van der Waals surface area contributed by atoms with Crippen LogP contribution in [0, 0.1) is 11.7 Å². The Morgan fingerprint density at radius 1 is 1.00 bits per heavy atom. The van der Waals surface area contributed by atoms with Crippen LogP contribution in [0.1, 0.15) is 50.2 Å². The number of hydrogen-bond acceptors (Lipinski definition) is 2. The lowest BCUT2D eigenvalue weighted by Crippen LogP contribution is -2.26. The van der Waals surface area contributed by atoms with E-state index in [2.05, 4.69) is 35.6 Å². The highest BCUT2D eigenvalue weighted by Gasteiger charge is 2.23. The molecule has 0 bridgehead atoms. The minimum Gasteiger partial charge on any atom is -0.490 e. The summed E-state index contributed by atoms with van der Waals surface area (Å²) in [6.45, 7) is 2.06. The van der Waals surface area contributed by atoms with E-state index >= 15 is 0 Å². The molecule has 2 atom stereocenters. The minimum atomic E-state index is -0.259. The summed E-state index contributed by atoms with van der Waals surface area (Å²) < 4.78 is 20.4. The molecular weight excluding hydrogens is 425 g/mol. The first-order chi connectivity index (χ1) is 16.6.